The van der Waals surface area contributed by atoms with Crippen molar-refractivity contribution in [3.8, 4) is 0 Å². The van der Waals surface area contributed by atoms with E-state index in [1.165, 1.54) is 37.7 Å². The highest BCUT2D eigenvalue weighted by Crippen LogP contribution is 2.22. The zero-order chi connectivity index (χ0) is 14.5. The molecule has 2 aliphatic rings. The van der Waals surface area contributed by atoms with E-state index in [1.54, 1.807) is 0 Å². The third-order valence-electron chi connectivity index (χ3n) is 4.98. The van der Waals surface area contributed by atoms with E-state index in [1.807, 2.05) is 0 Å². The molecule has 21 heavy (non-hydrogen) atoms. The average Bonchev–Trinajstić information content (AvgIpc) is 2.87. The minimum atomic E-state index is -0.160. The smallest absolute Gasteiger partial charge is 0.0682 e. The fraction of sp³-hybridized carbons (Fsp3) is 0.667. The Kier molecular flexibility index (Phi) is 5.28. The normalized spacial score (nSPS) is 28.0. The summed E-state index contributed by atoms with van der Waals surface area (Å²) in [6, 6.07) is 11.8. The van der Waals surface area contributed by atoms with Crippen molar-refractivity contribution >= 4 is 0 Å². The van der Waals surface area contributed by atoms with Gasteiger partial charge >= 0.3 is 0 Å². The summed E-state index contributed by atoms with van der Waals surface area (Å²) >= 11 is 0. The van der Waals surface area contributed by atoms with E-state index >= 15 is 0 Å². The molecule has 0 amide bonds. The van der Waals surface area contributed by atoms with Crippen LogP contribution in [0.15, 0.2) is 30.3 Å². The fourth-order valence-electron chi connectivity index (χ4n) is 3.79. The number of nitrogens with one attached hydrogen (secondary N) is 1. The molecule has 116 valence electrons. The van der Waals surface area contributed by atoms with Crippen LogP contribution in [0, 0.1) is 0 Å². The Labute approximate surface area is 128 Å². The third kappa shape index (κ3) is 4.29. The summed E-state index contributed by atoms with van der Waals surface area (Å²) in [7, 11) is 0. The van der Waals surface area contributed by atoms with Gasteiger partial charge in [0.25, 0.3) is 0 Å². The van der Waals surface area contributed by atoms with Crippen molar-refractivity contribution in [2.75, 3.05) is 13.1 Å². The summed E-state index contributed by atoms with van der Waals surface area (Å²) in [5.41, 5.74) is 1.34. The molecule has 3 heteroatoms. The Hall–Kier alpha value is -0.900. The van der Waals surface area contributed by atoms with Crippen molar-refractivity contribution in [3.63, 3.8) is 0 Å². The molecule has 0 bridgehead atoms. The number of aliphatic hydroxyl groups excluding tert-OH is 1. The van der Waals surface area contributed by atoms with Gasteiger partial charge in [-0.15, -0.1) is 0 Å². The summed E-state index contributed by atoms with van der Waals surface area (Å²) < 4.78 is 0. The molecule has 2 atom stereocenters. The van der Waals surface area contributed by atoms with E-state index in [-0.39, 0.29) is 6.10 Å². The van der Waals surface area contributed by atoms with Crippen molar-refractivity contribution in [2.45, 2.75) is 63.3 Å². The standard InChI is InChI=1S/C18H28N2O/c21-18-11-17(12-19-16-9-5-2-6-10-16)20(14-18)13-15-7-3-1-4-8-15/h1,3-4,7-8,16-19,21H,2,5-6,9-14H2. The average molecular weight is 288 g/mol. The predicted octanol–water partition coefficient (Wildman–Crippen LogP) is 2.54. The Balaban J connectivity index is 1.52. The van der Waals surface area contributed by atoms with Crippen LogP contribution < -0.4 is 5.32 Å². The van der Waals surface area contributed by atoms with Crippen LogP contribution in [-0.4, -0.2) is 41.3 Å². The van der Waals surface area contributed by atoms with Crippen LogP contribution in [0.2, 0.25) is 0 Å². The molecular formula is C18H28N2O. The van der Waals surface area contributed by atoms with E-state index in [0.717, 1.165) is 26.1 Å². The number of hydrogen-bond acceptors (Lipinski definition) is 3. The number of β-amino-alcohol motifs (C(OH)–C–C–N with tert-alkyl or cyclic N) is 1. The van der Waals surface area contributed by atoms with E-state index < -0.39 is 0 Å². The van der Waals surface area contributed by atoms with E-state index in [0.29, 0.717) is 12.1 Å². The predicted molar refractivity (Wildman–Crippen MR) is 86.1 cm³/mol. The first-order valence-electron chi connectivity index (χ1n) is 8.50. The van der Waals surface area contributed by atoms with Crippen molar-refractivity contribution in [3.05, 3.63) is 35.9 Å². The lowest BCUT2D eigenvalue weighted by molar-refractivity contribution is 0.172. The van der Waals surface area contributed by atoms with Crippen molar-refractivity contribution in [2.24, 2.45) is 0 Å². The molecule has 1 saturated carbocycles. The second-order valence-corrected chi connectivity index (χ2v) is 6.70. The largest absolute Gasteiger partial charge is 0.392 e. The molecule has 0 aromatic heterocycles. The molecule has 1 aromatic rings. The van der Waals surface area contributed by atoms with Crippen LogP contribution in [-0.2, 0) is 6.54 Å². The highest BCUT2D eigenvalue weighted by Gasteiger charge is 2.31. The summed E-state index contributed by atoms with van der Waals surface area (Å²) in [4.78, 5) is 2.44. The Morgan fingerprint density at radius 3 is 2.62 bits per heavy atom. The number of benzene rings is 1. The summed E-state index contributed by atoms with van der Waals surface area (Å²) in [5, 5.41) is 13.8. The highest BCUT2D eigenvalue weighted by molar-refractivity contribution is 5.15. The van der Waals surface area contributed by atoms with Crippen molar-refractivity contribution < 1.29 is 5.11 Å². The molecule has 0 spiro atoms. The summed E-state index contributed by atoms with van der Waals surface area (Å²) in [5.74, 6) is 0. The third-order valence-corrected chi connectivity index (χ3v) is 4.98. The maximum absolute atomic E-state index is 10.0. The van der Waals surface area contributed by atoms with Crippen LogP contribution in [0.4, 0.5) is 0 Å². The SMILES string of the molecule is OC1CC(CNC2CCCCC2)N(Cc2ccccc2)C1. The Morgan fingerprint density at radius 2 is 1.86 bits per heavy atom. The van der Waals surface area contributed by atoms with Gasteiger partial charge in [0.1, 0.15) is 0 Å². The quantitative estimate of drug-likeness (QED) is 0.874. The van der Waals surface area contributed by atoms with Gasteiger partial charge in [0.2, 0.25) is 0 Å². The monoisotopic (exact) mass is 288 g/mol. The lowest BCUT2D eigenvalue weighted by atomic mass is 9.95. The lowest BCUT2D eigenvalue weighted by Crippen LogP contribution is -2.42. The zero-order valence-corrected chi connectivity index (χ0v) is 12.9. The van der Waals surface area contributed by atoms with E-state index in [4.69, 9.17) is 0 Å². The first-order valence-corrected chi connectivity index (χ1v) is 8.50. The minimum Gasteiger partial charge on any atom is -0.392 e. The van der Waals surface area contributed by atoms with Gasteiger partial charge in [0.05, 0.1) is 6.10 Å². The van der Waals surface area contributed by atoms with Crippen LogP contribution in [0.25, 0.3) is 0 Å². The number of hydrogen-bond donors (Lipinski definition) is 2. The lowest BCUT2D eigenvalue weighted by Gasteiger charge is -2.28. The fourth-order valence-corrected chi connectivity index (χ4v) is 3.79. The maximum Gasteiger partial charge on any atom is 0.0682 e. The number of nitrogens with zero attached hydrogens (tertiary/aromatic N) is 1. The minimum absolute atomic E-state index is 0.160. The van der Waals surface area contributed by atoms with Gasteiger partial charge < -0.3 is 10.4 Å². The topological polar surface area (TPSA) is 35.5 Å². The van der Waals surface area contributed by atoms with Gasteiger partial charge in [0.15, 0.2) is 0 Å². The Bertz CT molecular complexity index is 416. The summed E-state index contributed by atoms with van der Waals surface area (Å²) in [6.45, 7) is 2.79. The molecule has 1 aliphatic heterocycles. The second-order valence-electron chi connectivity index (χ2n) is 6.70. The molecule has 1 heterocycles. The van der Waals surface area contributed by atoms with Gasteiger partial charge in [-0.2, -0.15) is 0 Å². The number of likely N-dealkylation sites (tertiary alicyclic amines) is 1. The molecule has 3 nitrogen and oxygen atoms in total. The molecule has 1 saturated heterocycles. The molecule has 2 unspecified atom stereocenters. The molecule has 2 fully saturated rings. The summed E-state index contributed by atoms with van der Waals surface area (Å²) in [6.07, 6.45) is 7.55. The van der Waals surface area contributed by atoms with Gasteiger partial charge in [-0.25, -0.2) is 0 Å². The van der Waals surface area contributed by atoms with Gasteiger partial charge in [-0.1, -0.05) is 49.6 Å². The molecule has 0 radical (unpaired) electrons. The van der Waals surface area contributed by atoms with E-state index in [2.05, 4.69) is 40.5 Å². The molecule has 2 N–H and O–H groups in total. The molecule has 1 aromatic carbocycles. The first kappa shape index (κ1) is 15.0. The van der Waals surface area contributed by atoms with Crippen LogP contribution in [0.5, 0.6) is 0 Å². The van der Waals surface area contributed by atoms with E-state index in [9.17, 15) is 5.11 Å². The zero-order valence-electron chi connectivity index (χ0n) is 12.9. The molecule has 3 rings (SSSR count). The van der Waals surface area contributed by atoms with Gasteiger partial charge in [0, 0.05) is 31.7 Å². The van der Waals surface area contributed by atoms with Crippen molar-refractivity contribution in [1.82, 2.24) is 10.2 Å². The van der Waals surface area contributed by atoms with Gasteiger partial charge in [-0.05, 0) is 24.8 Å². The molecule has 1 aliphatic carbocycles. The number of aliphatic hydroxyl groups is 1. The first-order chi connectivity index (χ1) is 10.3. The highest BCUT2D eigenvalue weighted by atomic mass is 16.3. The van der Waals surface area contributed by atoms with Crippen molar-refractivity contribution in [1.29, 1.82) is 0 Å². The Morgan fingerprint density at radius 1 is 1.10 bits per heavy atom. The van der Waals surface area contributed by atoms with Crippen LogP contribution >= 0.6 is 0 Å². The van der Waals surface area contributed by atoms with Crippen LogP contribution in [0.3, 0.4) is 0 Å². The second kappa shape index (κ2) is 7.39. The molecular weight excluding hydrogens is 260 g/mol. The maximum atomic E-state index is 10.0. The number of rotatable bonds is 5. The van der Waals surface area contributed by atoms with Crippen LogP contribution in [0.1, 0.15) is 44.1 Å². The van der Waals surface area contributed by atoms with Gasteiger partial charge in [-0.3, -0.25) is 4.90 Å².